The highest BCUT2D eigenvalue weighted by Crippen LogP contribution is 2.57. The van der Waals surface area contributed by atoms with E-state index < -0.39 is 0 Å². The standard InChI is InChI=1S/C11H20N6/c1-17-15-10(14-16-17)6-9(13-12)11-7-4-2-3-5-8(7)11/h7-9,11,13H,2-6,12H2,1H3. The number of fused-ring (bicyclic) bond motifs is 1. The van der Waals surface area contributed by atoms with Gasteiger partial charge >= 0.3 is 0 Å². The number of hydrazine groups is 1. The van der Waals surface area contributed by atoms with Crippen LogP contribution in [0.15, 0.2) is 0 Å². The molecule has 0 aliphatic heterocycles. The molecule has 1 heterocycles. The minimum absolute atomic E-state index is 0.312. The molecule has 17 heavy (non-hydrogen) atoms. The van der Waals surface area contributed by atoms with Crippen molar-refractivity contribution in [2.75, 3.05) is 0 Å². The van der Waals surface area contributed by atoms with Crippen molar-refractivity contribution in [2.24, 2.45) is 30.6 Å². The van der Waals surface area contributed by atoms with Gasteiger partial charge in [0.1, 0.15) is 0 Å². The zero-order chi connectivity index (χ0) is 11.8. The zero-order valence-corrected chi connectivity index (χ0v) is 10.2. The van der Waals surface area contributed by atoms with Crippen molar-refractivity contribution < 1.29 is 0 Å². The third-order valence-corrected chi connectivity index (χ3v) is 4.35. The van der Waals surface area contributed by atoms with Crippen molar-refractivity contribution >= 4 is 0 Å². The second kappa shape index (κ2) is 4.34. The lowest BCUT2D eigenvalue weighted by atomic mass is 10.0. The number of hydrogen-bond donors (Lipinski definition) is 2. The van der Waals surface area contributed by atoms with Crippen LogP contribution < -0.4 is 11.3 Å². The average molecular weight is 236 g/mol. The molecule has 2 fully saturated rings. The predicted octanol–water partition coefficient (Wildman–Crippen LogP) is 0.0207. The Balaban J connectivity index is 1.64. The molecule has 3 unspecified atom stereocenters. The van der Waals surface area contributed by atoms with E-state index in [0.717, 1.165) is 30.0 Å². The lowest BCUT2D eigenvalue weighted by Crippen LogP contribution is -2.39. The molecule has 2 aliphatic carbocycles. The maximum atomic E-state index is 5.69. The number of hydrogen-bond acceptors (Lipinski definition) is 5. The van der Waals surface area contributed by atoms with E-state index in [1.54, 1.807) is 7.05 Å². The van der Waals surface area contributed by atoms with Crippen LogP contribution in [0.5, 0.6) is 0 Å². The summed E-state index contributed by atoms with van der Waals surface area (Å²) >= 11 is 0. The summed E-state index contributed by atoms with van der Waals surface area (Å²) in [4.78, 5) is 1.50. The van der Waals surface area contributed by atoms with Crippen LogP contribution in [0.4, 0.5) is 0 Å². The molecule has 94 valence electrons. The van der Waals surface area contributed by atoms with E-state index in [9.17, 15) is 0 Å². The second-order valence-electron chi connectivity index (χ2n) is 5.36. The Morgan fingerprint density at radius 3 is 2.65 bits per heavy atom. The van der Waals surface area contributed by atoms with Crippen LogP contribution in [0.2, 0.25) is 0 Å². The SMILES string of the molecule is Cn1nnc(CC(NN)C2C3CCCCC32)n1. The summed E-state index contributed by atoms with van der Waals surface area (Å²) in [5.41, 5.74) is 2.96. The van der Waals surface area contributed by atoms with Gasteiger partial charge in [0.15, 0.2) is 5.82 Å². The lowest BCUT2D eigenvalue weighted by molar-refractivity contribution is 0.429. The molecule has 6 nitrogen and oxygen atoms in total. The number of aromatic nitrogens is 4. The van der Waals surface area contributed by atoms with E-state index in [1.807, 2.05) is 0 Å². The van der Waals surface area contributed by atoms with Gasteiger partial charge in [0.2, 0.25) is 0 Å². The quantitative estimate of drug-likeness (QED) is 0.569. The summed E-state index contributed by atoms with van der Waals surface area (Å²) in [5.74, 6) is 8.99. The second-order valence-corrected chi connectivity index (χ2v) is 5.36. The summed E-state index contributed by atoms with van der Waals surface area (Å²) in [7, 11) is 1.79. The van der Waals surface area contributed by atoms with Gasteiger partial charge in [-0.2, -0.15) is 4.80 Å². The van der Waals surface area contributed by atoms with E-state index in [0.29, 0.717) is 6.04 Å². The fraction of sp³-hybridized carbons (Fsp3) is 0.909. The van der Waals surface area contributed by atoms with Crippen LogP contribution in [0.25, 0.3) is 0 Å². The highest BCUT2D eigenvalue weighted by molar-refractivity contribution is 5.06. The third kappa shape index (κ3) is 2.07. The highest BCUT2D eigenvalue weighted by Gasteiger charge is 2.53. The minimum Gasteiger partial charge on any atom is -0.271 e. The first-order chi connectivity index (χ1) is 8.29. The molecule has 3 N–H and O–H groups in total. The van der Waals surface area contributed by atoms with E-state index >= 15 is 0 Å². The topological polar surface area (TPSA) is 81.7 Å². The molecule has 2 saturated carbocycles. The Kier molecular flexibility index (Phi) is 2.84. The third-order valence-electron chi connectivity index (χ3n) is 4.35. The van der Waals surface area contributed by atoms with Crippen LogP contribution in [-0.4, -0.2) is 26.2 Å². The van der Waals surface area contributed by atoms with Crippen LogP contribution in [0, 0.1) is 17.8 Å². The van der Waals surface area contributed by atoms with E-state index in [-0.39, 0.29) is 0 Å². The smallest absolute Gasteiger partial charge is 0.176 e. The summed E-state index contributed by atoms with van der Waals surface area (Å²) in [5, 5.41) is 12.1. The van der Waals surface area contributed by atoms with Crippen LogP contribution in [0.1, 0.15) is 31.5 Å². The van der Waals surface area contributed by atoms with Gasteiger partial charge in [-0.1, -0.05) is 12.8 Å². The van der Waals surface area contributed by atoms with Crippen LogP contribution in [0.3, 0.4) is 0 Å². The molecule has 3 rings (SSSR count). The Hall–Kier alpha value is -1.01. The molecule has 3 atom stereocenters. The largest absolute Gasteiger partial charge is 0.271 e. The molecule has 0 bridgehead atoms. The molecule has 0 spiro atoms. The minimum atomic E-state index is 0.312. The van der Waals surface area contributed by atoms with Crippen molar-refractivity contribution in [3.63, 3.8) is 0 Å². The van der Waals surface area contributed by atoms with Crippen LogP contribution in [-0.2, 0) is 13.5 Å². The number of aryl methyl sites for hydroxylation is 1. The number of nitrogens with zero attached hydrogens (tertiary/aromatic N) is 4. The molecule has 0 radical (unpaired) electrons. The fourth-order valence-corrected chi connectivity index (χ4v) is 3.55. The van der Waals surface area contributed by atoms with Gasteiger partial charge in [-0.3, -0.25) is 11.3 Å². The number of nitrogens with two attached hydrogens (primary N) is 1. The van der Waals surface area contributed by atoms with Crippen molar-refractivity contribution in [2.45, 2.75) is 38.1 Å². The number of tetrazole rings is 1. The molecule has 1 aromatic heterocycles. The van der Waals surface area contributed by atoms with Gasteiger partial charge < -0.3 is 0 Å². The van der Waals surface area contributed by atoms with Gasteiger partial charge in [-0.05, 0) is 35.8 Å². The van der Waals surface area contributed by atoms with Gasteiger partial charge in [0.25, 0.3) is 0 Å². The van der Waals surface area contributed by atoms with Crippen LogP contribution >= 0.6 is 0 Å². The summed E-state index contributed by atoms with van der Waals surface area (Å²) in [6, 6.07) is 0.312. The maximum Gasteiger partial charge on any atom is 0.176 e. The normalized spacial score (nSPS) is 33.2. The van der Waals surface area contributed by atoms with E-state index in [1.165, 1.54) is 30.5 Å². The molecular weight excluding hydrogens is 216 g/mol. The first-order valence-corrected chi connectivity index (χ1v) is 6.48. The van der Waals surface area contributed by atoms with Gasteiger partial charge in [0, 0.05) is 12.5 Å². The van der Waals surface area contributed by atoms with Crippen molar-refractivity contribution in [3.05, 3.63) is 5.82 Å². The van der Waals surface area contributed by atoms with E-state index in [2.05, 4.69) is 20.8 Å². The molecule has 2 aliphatic rings. The summed E-state index contributed by atoms with van der Waals surface area (Å²) < 4.78 is 0. The molecule has 6 heteroatoms. The van der Waals surface area contributed by atoms with Crippen molar-refractivity contribution in [1.82, 2.24) is 25.6 Å². The Morgan fingerprint density at radius 2 is 2.12 bits per heavy atom. The van der Waals surface area contributed by atoms with Crippen molar-refractivity contribution in [1.29, 1.82) is 0 Å². The summed E-state index contributed by atoms with van der Waals surface area (Å²) in [6.07, 6.45) is 6.32. The Labute approximate surface area is 101 Å². The molecule has 1 aromatic rings. The molecule has 0 amide bonds. The van der Waals surface area contributed by atoms with Gasteiger partial charge in [0.05, 0.1) is 7.05 Å². The van der Waals surface area contributed by atoms with Gasteiger partial charge in [-0.25, -0.2) is 0 Å². The lowest BCUT2D eigenvalue weighted by Gasteiger charge is -2.13. The highest BCUT2D eigenvalue weighted by atomic mass is 15.6. The zero-order valence-electron chi connectivity index (χ0n) is 10.2. The fourth-order valence-electron chi connectivity index (χ4n) is 3.55. The Bertz CT molecular complexity index is 377. The maximum absolute atomic E-state index is 5.69. The predicted molar refractivity (Wildman–Crippen MR) is 62.6 cm³/mol. The molecule has 0 saturated heterocycles. The average Bonchev–Trinajstić information content (AvgIpc) is 2.93. The van der Waals surface area contributed by atoms with Crippen molar-refractivity contribution in [3.8, 4) is 0 Å². The summed E-state index contributed by atoms with van der Waals surface area (Å²) in [6.45, 7) is 0. The number of rotatable bonds is 4. The first kappa shape index (κ1) is 11.1. The first-order valence-electron chi connectivity index (χ1n) is 6.48. The monoisotopic (exact) mass is 236 g/mol. The van der Waals surface area contributed by atoms with E-state index in [4.69, 9.17) is 5.84 Å². The Morgan fingerprint density at radius 1 is 1.41 bits per heavy atom. The number of nitrogens with one attached hydrogen (secondary N) is 1. The van der Waals surface area contributed by atoms with Gasteiger partial charge in [-0.15, -0.1) is 10.2 Å². The molecule has 0 aromatic carbocycles. The molecular formula is C11H20N6.